The predicted molar refractivity (Wildman–Crippen MR) is 64.1 cm³/mol. The Hall–Kier alpha value is -1.34. The van der Waals surface area contributed by atoms with Crippen molar-refractivity contribution < 1.29 is 9.53 Å². The average Bonchev–Trinajstić information content (AvgIpc) is 2.29. The first-order chi connectivity index (χ1) is 7.71. The Kier molecular flexibility index (Phi) is 5.00. The van der Waals surface area contributed by atoms with Gasteiger partial charge in [0.05, 0.1) is 24.7 Å². The maximum absolute atomic E-state index is 11.3. The van der Waals surface area contributed by atoms with E-state index >= 15 is 0 Å². The number of alkyl halides is 1. The molecule has 1 aromatic carbocycles. The van der Waals surface area contributed by atoms with Gasteiger partial charge in [0.15, 0.2) is 0 Å². The quantitative estimate of drug-likeness (QED) is 0.630. The zero-order chi connectivity index (χ0) is 12.0. The van der Waals surface area contributed by atoms with Crippen LogP contribution in [-0.2, 0) is 21.3 Å². The van der Waals surface area contributed by atoms with Gasteiger partial charge in [-0.3, -0.25) is 4.79 Å². The second-order valence-electron chi connectivity index (χ2n) is 3.22. The van der Waals surface area contributed by atoms with Crippen LogP contribution < -0.4 is 0 Å². The zero-order valence-corrected chi connectivity index (χ0v) is 10.6. The molecule has 0 bridgehead atoms. The number of ether oxygens (including phenoxy) is 1. The first kappa shape index (κ1) is 12.7. The number of nitrogens with zero attached hydrogens (tertiary/aromatic N) is 1. The highest BCUT2D eigenvalue weighted by Gasteiger charge is 2.07. The van der Waals surface area contributed by atoms with Gasteiger partial charge in [-0.1, -0.05) is 28.1 Å². The Balaban J connectivity index is 2.84. The van der Waals surface area contributed by atoms with Crippen LogP contribution in [0.2, 0.25) is 0 Å². The lowest BCUT2D eigenvalue weighted by Crippen LogP contribution is -2.07. The largest absolute Gasteiger partial charge is 0.466 e. The van der Waals surface area contributed by atoms with E-state index in [4.69, 9.17) is 10.00 Å². The van der Waals surface area contributed by atoms with Gasteiger partial charge in [0.25, 0.3) is 0 Å². The highest BCUT2D eigenvalue weighted by molar-refractivity contribution is 9.08. The van der Waals surface area contributed by atoms with Crippen molar-refractivity contribution in [2.24, 2.45) is 0 Å². The van der Waals surface area contributed by atoms with Crippen LogP contribution in [0, 0.1) is 11.3 Å². The number of halogens is 1. The monoisotopic (exact) mass is 281 g/mol. The van der Waals surface area contributed by atoms with E-state index in [1.54, 1.807) is 19.1 Å². The molecule has 0 aliphatic rings. The van der Waals surface area contributed by atoms with Crippen LogP contribution in [-0.4, -0.2) is 12.6 Å². The van der Waals surface area contributed by atoms with E-state index in [-0.39, 0.29) is 12.4 Å². The standard InChI is InChI=1S/C12H12BrNO2/c1-2-16-12(15)6-9-3-4-10(8-14)11(5-9)7-13/h3-5H,2,6-7H2,1H3. The molecule has 1 rings (SSSR count). The summed E-state index contributed by atoms with van der Waals surface area (Å²) in [5.74, 6) is -0.243. The van der Waals surface area contributed by atoms with Crippen LogP contribution in [0.5, 0.6) is 0 Å². The van der Waals surface area contributed by atoms with E-state index in [0.717, 1.165) is 11.1 Å². The molecule has 0 heterocycles. The van der Waals surface area contributed by atoms with Gasteiger partial charge in [-0.05, 0) is 24.1 Å². The normalized spacial score (nSPS) is 9.56. The molecular weight excluding hydrogens is 270 g/mol. The molecular formula is C12H12BrNO2. The van der Waals surface area contributed by atoms with E-state index < -0.39 is 0 Å². The van der Waals surface area contributed by atoms with E-state index in [1.807, 2.05) is 6.07 Å². The van der Waals surface area contributed by atoms with E-state index in [2.05, 4.69) is 22.0 Å². The van der Waals surface area contributed by atoms with E-state index in [9.17, 15) is 4.79 Å². The summed E-state index contributed by atoms with van der Waals surface area (Å²) in [4.78, 5) is 11.3. The van der Waals surface area contributed by atoms with Gasteiger partial charge in [0, 0.05) is 5.33 Å². The third-order valence-electron chi connectivity index (χ3n) is 2.09. The maximum atomic E-state index is 11.3. The number of carbonyl (C=O) groups is 1. The molecule has 84 valence electrons. The number of hydrogen-bond donors (Lipinski definition) is 0. The smallest absolute Gasteiger partial charge is 0.310 e. The second-order valence-corrected chi connectivity index (χ2v) is 3.78. The molecule has 0 N–H and O–H groups in total. The Morgan fingerprint density at radius 1 is 1.56 bits per heavy atom. The molecule has 0 saturated carbocycles. The maximum Gasteiger partial charge on any atom is 0.310 e. The number of carbonyl (C=O) groups excluding carboxylic acids is 1. The van der Waals surface area contributed by atoms with Gasteiger partial charge in [-0.25, -0.2) is 0 Å². The minimum Gasteiger partial charge on any atom is -0.466 e. The first-order valence-corrected chi connectivity index (χ1v) is 6.07. The van der Waals surface area contributed by atoms with Crippen LogP contribution in [0.4, 0.5) is 0 Å². The molecule has 0 spiro atoms. The molecule has 4 heteroatoms. The number of rotatable bonds is 4. The molecule has 0 atom stereocenters. The van der Waals surface area contributed by atoms with Crippen molar-refractivity contribution >= 4 is 21.9 Å². The van der Waals surface area contributed by atoms with Crippen molar-refractivity contribution in [3.63, 3.8) is 0 Å². The lowest BCUT2D eigenvalue weighted by molar-refractivity contribution is -0.142. The molecule has 16 heavy (non-hydrogen) atoms. The molecule has 0 saturated heterocycles. The third kappa shape index (κ3) is 3.35. The molecule has 3 nitrogen and oxygen atoms in total. The van der Waals surface area contributed by atoms with Crippen LogP contribution in [0.25, 0.3) is 0 Å². The number of benzene rings is 1. The Bertz CT molecular complexity index is 424. The van der Waals surface area contributed by atoms with Crippen LogP contribution in [0.3, 0.4) is 0 Å². The topological polar surface area (TPSA) is 50.1 Å². The number of esters is 1. The Morgan fingerprint density at radius 2 is 2.31 bits per heavy atom. The van der Waals surface area contributed by atoms with Gasteiger partial charge in [0.1, 0.15) is 0 Å². The van der Waals surface area contributed by atoms with Crippen LogP contribution >= 0.6 is 15.9 Å². The molecule has 0 unspecified atom stereocenters. The fourth-order valence-electron chi connectivity index (χ4n) is 1.36. The van der Waals surface area contributed by atoms with Gasteiger partial charge in [-0.15, -0.1) is 0 Å². The van der Waals surface area contributed by atoms with E-state index in [0.29, 0.717) is 17.5 Å². The summed E-state index contributed by atoms with van der Waals surface area (Å²) in [6.45, 7) is 2.17. The van der Waals surface area contributed by atoms with Crippen molar-refractivity contribution in [3.8, 4) is 6.07 Å². The minimum atomic E-state index is -0.243. The molecule has 0 amide bonds. The summed E-state index contributed by atoms with van der Waals surface area (Å²) in [5.41, 5.74) is 2.39. The van der Waals surface area contributed by atoms with Crippen molar-refractivity contribution in [1.82, 2.24) is 0 Å². The highest BCUT2D eigenvalue weighted by Crippen LogP contribution is 2.15. The lowest BCUT2D eigenvalue weighted by Gasteiger charge is -2.05. The van der Waals surface area contributed by atoms with Crippen LogP contribution in [0.1, 0.15) is 23.6 Å². The Morgan fingerprint density at radius 3 is 2.88 bits per heavy atom. The molecule has 0 aliphatic carbocycles. The lowest BCUT2D eigenvalue weighted by atomic mass is 10.0. The van der Waals surface area contributed by atoms with Gasteiger partial charge < -0.3 is 4.74 Å². The average molecular weight is 282 g/mol. The molecule has 1 aromatic rings. The van der Waals surface area contributed by atoms with Crippen LogP contribution in [0.15, 0.2) is 18.2 Å². The second kappa shape index (κ2) is 6.29. The van der Waals surface area contributed by atoms with Gasteiger partial charge in [0.2, 0.25) is 0 Å². The summed E-state index contributed by atoms with van der Waals surface area (Å²) >= 11 is 3.31. The zero-order valence-electron chi connectivity index (χ0n) is 9.00. The summed E-state index contributed by atoms with van der Waals surface area (Å²) < 4.78 is 4.86. The van der Waals surface area contributed by atoms with E-state index in [1.165, 1.54) is 0 Å². The SMILES string of the molecule is CCOC(=O)Cc1ccc(C#N)c(CBr)c1. The predicted octanol–water partition coefficient (Wildman–Crippen LogP) is 2.56. The van der Waals surface area contributed by atoms with Crippen molar-refractivity contribution in [3.05, 3.63) is 34.9 Å². The summed E-state index contributed by atoms with van der Waals surface area (Å²) in [7, 11) is 0. The van der Waals surface area contributed by atoms with Crippen molar-refractivity contribution in [2.45, 2.75) is 18.7 Å². The third-order valence-corrected chi connectivity index (χ3v) is 2.69. The summed E-state index contributed by atoms with van der Waals surface area (Å²) in [6.07, 6.45) is 0.250. The number of nitriles is 1. The van der Waals surface area contributed by atoms with Crippen molar-refractivity contribution in [2.75, 3.05) is 6.61 Å². The molecule has 0 radical (unpaired) electrons. The molecule has 0 aliphatic heterocycles. The number of hydrogen-bond acceptors (Lipinski definition) is 3. The van der Waals surface area contributed by atoms with Crippen molar-refractivity contribution in [1.29, 1.82) is 5.26 Å². The molecule has 0 aromatic heterocycles. The fraction of sp³-hybridized carbons (Fsp3) is 0.333. The van der Waals surface area contributed by atoms with Gasteiger partial charge >= 0.3 is 5.97 Å². The minimum absolute atomic E-state index is 0.243. The summed E-state index contributed by atoms with van der Waals surface area (Å²) in [5, 5.41) is 9.45. The highest BCUT2D eigenvalue weighted by atomic mass is 79.9. The fourth-order valence-corrected chi connectivity index (χ4v) is 1.82. The Labute approximate surface area is 103 Å². The first-order valence-electron chi connectivity index (χ1n) is 4.94. The van der Waals surface area contributed by atoms with Gasteiger partial charge in [-0.2, -0.15) is 5.26 Å². The molecule has 0 fully saturated rings. The summed E-state index contributed by atoms with van der Waals surface area (Å²) in [6, 6.07) is 7.46.